The summed E-state index contributed by atoms with van der Waals surface area (Å²) in [6.45, 7) is 5.72. The minimum Gasteiger partial charge on any atom is -0.481 e. The van der Waals surface area contributed by atoms with Crippen molar-refractivity contribution in [1.29, 1.82) is 0 Å². The third kappa shape index (κ3) is 24.5. The van der Waals surface area contributed by atoms with Crippen LogP contribution < -0.4 is 0 Å². The highest BCUT2D eigenvalue weighted by Crippen LogP contribution is 2.19. The topological polar surface area (TPSA) is 250 Å². The van der Waals surface area contributed by atoms with Crippen molar-refractivity contribution in [2.24, 2.45) is 0 Å². The highest BCUT2D eigenvalue weighted by molar-refractivity contribution is 5.89. The number of carboxylic acids is 3. The lowest BCUT2D eigenvalue weighted by atomic mass is 9.96. The third-order valence-corrected chi connectivity index (χ3v) is 7.89. The summed E-state index contributed by atoms with van der Waals surface area (Å²) in [6, 6.07) is 0. The van der Waals surface area contributed by atoms with Crippen LogP contribution in [0.3, 0.4) is 0 Å². The van der Waals surface area contributed by atoms with Gasteiger partial charge in [-0.05, 0) is 25.7 Å². The Bertz CT molecular complexity index is 993. The molecule has 1 saturated heterocycles. The van der Waals surface area contributed by atoms with E-state index in [9.17, 15) is 44.1 Å². The Hall–Kier alpha value is -3.34. The van der Waals surface area contributed by atoms with Crippen LogP contribution in [0.1, 0.15) is 129 Å². The zero-order valence-electron chi connectivity index (χ0n) is 30.3. The highest BCUT2D eigenvalue weighted by atomic mass is 16.6. The van der Waals surface area contributed by atoms with Crippen LogP contribution in [0, 0.1) is 0 Å². The van der Waals surface area contributed by atoms with E-state index in [4.69, 9.17) is 33.9 Å². The van der Waals surface area contributed by atoms with Gasteiger partial charge in [0.25, 0.3) is 0 Å². The molecule has 0 bridgehead atoms. The Labute approximate surface area is 300 Å². The first kappa shape index (κ1) is 47.7. The quantitative estimate of drug-likeness (QED) is 0.0416. The fourth-order valence-electron chi connectivity index (χ4n) is 4.89. The second kappa shape index (κ2) is 28.3. The molecule has 5 N–H and O–H groups in total. The fourth-order valence-corrected chi connectivity index (χ4v) is 4.89. The molecule has 2 atom stereocenters. The Kier molecular flexibility index (Phi) is 26.4. The summed E-state index contributed by atoms with van der Waals surface area (Å²) >= 11 is 0. The van der Waals surface area contributed by atoms with Gasteiger partial charge < -0.3 is 49.2 Å². The number of aliphatic hydroxyl groups is 2. The Balaban J connectivity index is 0.00000102. The van der Waals surface area contributed by atoms with Gasteiger partial charge in [-0.1, -0.05) is 78.1 Å². The van der Waals surface area contributed by atoms with Gasteiger partial charge in [0.05, 0.1) is 58.2 Å². The van der Waals surface area contributed by atoms with Gasteiger partial charge in [0.2, 0.25) is 0 Å². The maximum atomic E-state index is 11.9. The van der Waals surface area contributed by atoms with Crippen molar-refractivity contribution in [2.45, 2.75) is 147 Å². The summed E-state index contributed by atoms with van der Waals surface area (Å²) in [5.74, 6) is -7.61. The first-order valence-corrected chi connectivity index (χ1v) is 18.0. The Morgan fingerprint density at radius 2 is 1.00 bits per heavy atom. The van der Waals surface area contributed by atoms with Gasteiger partial charge in [0, 0.05) is 6.61 Å². The molecule has 0 saturated carbocycles. The third-order valence-electron chi connectivity index (χ3n) is 7.89. The Morgan fingerprint density at radius 1 is 0.588 bits per heavy atom. The van der Waals surface area contributed by atoms with Crippen LogP contribution in [-0.4, -0.2) is 118 Å². The Morgan fingerprint density at radius 3 is 1.39 bits per heavy atom. The minimum absolute atomic E-state index is 0.0448. The van der Waals surface area contributed by atoms with E-state index in [2.05, 4.69) is 13.8 Å². The molecule has 16 heteroatoms. The molecular formula is C35H60O16. The van der Waals surface area contributed by atoms with E-state index in [0.29, 0.717) is 26.1 Å². The molecule has 1 aliphatic rings. The van der Waals surface area contributed by atoms with Crippen LogP contribution in [0.4, 0.5) is 0 Å². The number of hydrogen-bond acceptors (Lipinski definition) is 13. The number of aliphatic carboxylic acids is 3. The minimum atomic E-state index is -2.68. The van der Waals surface area contributed by atoms with Gasteiger partial charge in [0.15, 0.2) is 11.2 Å². The predicted molar refractivity (Wildman–Crippen MR) is 181 cm³/mol. The van der Waals surface area contributed by atoms with Crippen LogP contribution in [0.15, 0.2) is 0 Å². The second-order valence-corrected chi connectivity index (χ2v) is 12.7. The molecule has 0 aromatic carbocycles. The molecule has 1 fully saturated rings. The lowest BCUT2D eigenvalue weighted by Crippen LogP contribution is -2.43. The molecular weight excluding hydrogens is 676 g/mol. The molecule has 0 amide bonds. The van der Waals surface area contributed by atoms with E-state index in [1.54, 1.807) is 0 Å². The SMILES string of the molecule is CCCCCCCCOC(=O)CC(O)(CC(=O)OCCCCCCCC)C(=O)O.O=C(O)CC(O)(CC(=O)OCCOCC1CCCO1)C(=O)O. The molecule has 16 nitrogen and oxygen atoms in total. The molecule has 2 unspecified atom stereocenters. The summed E-state index contributed by atoms with van der Waals surface area (Å²) in [7, 11) is 0. The van der Waals surface area contributed by atoms with Gasteiger partial charge >= 0.3 is 35.8 Å². The standard InChI is InChI=1S/C22H40O7.C13H20O9/c1-3-5-7-9-11-13-15-28-19(23)17-22(27,21(25)26)18-20(24)29-16-14-12-10-8-6-4-2;14-10(15)6-13(19,12(17)18)7-11(16)22-5-4-20-8-9-2-1-3-21-9/h27H,3-18H2,1-2H3,(H,25,26);9,19H,1-8H2,(H,14,15)(H,17,18). The number of rotatable bonds is 29. The van der Waals surface area contributed by atoms with Crippen molar-refractivity contribution in [3.05, 3.63) is 0 Å². The van der Waals surface area contributed by atoms with Crippen molar-refractivity contribution < 1.29 is 78.0 Å². The number of ether oxygens (including phenoxy) is 5. The monoisotopic (exact) mass is 736 g/mol. The fraction of sp³-hybridized carbons (Fsp3) is 0.829. The van der Waals surface area contributed by atoms with Crippen LogP contribution in [0.5, 0.6) is 0 Å². The van der Waals surface area contributed by atoms with Crippen molar-refractivity contribution in [2.75, 3.05) is 39.6 Å². The van der Waals surface area contributed by atoms with Crippen LogP contribution >= 0.6 is 0 Å². The molecule has 0 spiro atoms. The average molecular weight is 737 g/mol. The molecule has 0 aromatic heterocycles. The zero-order valence-corrected chi connectivity index (χ0v) is 30.3. The summed E-state index contributed by atoms with van der Waals surface area (Å²) in [5, 5.41) is 46.5. The normalized spacial score (nSPS) is 15.2. The zero-order chi connectivity index (χ0) is 38.5. The number of carbonyl (C=O) groups excluding carboxylic acids is 3. The first-order valence-electron chi connectivity index (χ1n) is 18.0. The van der Waals surface area contributed by atoms with Crippen molar-refractivity contribution in [3.8, 4) is 0 Å². The number of carbonyl (C=O) groups is 6. The van der Waals surface area contributed by atoms with E-state index < -0.39 is 72.7 Å². The summed E-state index contributed by atoms with van der Waals surface area (Å²) < 4.78 is 25.3. The van der Waals surface area contributed by atoms with Crippen LogP contribution in [-0.2, 0) is 52.5 Å². The van der Waals surface area contributed by atoms with Gasteiger partial charge in [-0.3, -0.25) is 19.2 Å². The second-order valence-electron chi connectivity index (χ2n) is 12.7. The molecule has 296 valence electrons. The first-order chi connectivity index (χ1) is 24.2. The van der Waals surface area contributed by atoms with Crippen molar-refractivity contribution in [1.82, 2.24) is 0 Å². The summed E-state index contributed by atoms with van der Waals surface area (Å²) in [4.78, 5) is 67.9. The largest absolute Gasteiger partial charge is 0.481 e. The predicted octanol–water partition coefficient (Wildman–Crippen LogP) is 3.80. The molecule has 0 aromatic rings. The van der Waals surface area contributed by atoms with Gasteiger partial charge in [-0.2, -0.15) is 0 Å². The van der Waals surface area contributed by atoms with E-state index in [0.717, 1.165) is 64.2 Å². The number of unbranched alkanes of at least 4 members (excludes halogenated alkanes) is 10. The van der Waals surface area contributed by atoms with Crippen molar-refractivity contribution in [3.63, 3.8) is 0 Å². The average Bonchev–Trinajstić information content (AvgIpc) is 3.57. The lowest BCUT2D eigenvalue weighted by molar-refractivity contribution is -0.173. The molecule has 1 aliphatic heterocycles. The summed E-state index contributed by atoms with van der Waals surface area (Å²) in [6.07, 6.45) is 10.7. The van der Waals surface area contributed by atoms with Crippen LogP contribution in [0.25, 0.3) is 0 Å². The van der Waals surface area contributed by atoms with Crippen LogP contribution in [0.2, 0.25) is 0 Å². The van der Waals surface area contributed by atoms with E-state index in [1.165, 1.54) is 12.8 Å². The molecule has 51 heavy (non-hydrogen) atoms. The number of esters is 3. The van der Waals surface area contributed by atoms with E-state index in [1.807, 2.05) is 0 Å². The lowest BCUT2D eigenvalue weighted by Gasteiger charge is -2.21. The van der Waals surface area contributed by atoms with Gasteiger partial charge in [-0.25, -0.2) is 9.59 Å². The summed E-state index contributed by atoms with van der Waals surface area (Å²) in [5.41, 5.74) is -5.18. The van der Waals surface area contributed by atoms with Gasteiger partial charge in [-0.15, -0.1) is 0 Å². The molecule has 1 rings (SSSR count). The number of hydrogen-bond donors (Lipinski definition) is 5. The van der Waals surface area contributed by atoms with E-state index >= 15 is 0 Å². The molecule has 0 radical (unpaired) electrons. The van der Waals surface area contributed by atoms with E-state index in [-0.39, 0.29) is 32.5 Å². The number of carboxylic acid groups (broad SMARTS) is 3. The smallest absolute Gasteiger partial charge is 0.336 e. The maximum absolute atomic E-state index is 11.9. The molecule has 0 aliphatic carbocycles. The van der Waals surface area contributed by atoms with Gasteiger partial charge in [0.1, 0.15) is 6.61 Å². The maximum Gasteiger partial charge on any atom is 0.336 e. The molecule has 1 heterocycles. The van der Waals surface area contributed by atoms with Crippen molar-refractivity contribution >= 4 is 35.8 Å². The highest BCUT2D eigenvalue weighted by Gasteiger charge is 2.42.